The van der Waals surface area contributed by atoms with E-state index in [1.54, 1.807) is 0 Å². The van der Waals surface area contributed by atoms with Crippen LogP contribution in [-0.4, -0.2) is 4.57 Å². The minimum Gasteiger partial charge on any atom is -0.344 e. The average Bonchev–Trinajstić information content (AvgIpc) is 2.60. The maximum atomic E-state index is 2.28. The lowest BCUT2D eigenvalue weighted by Crippen LogP contribution is -1.93. The van der Waals surface area contributed by atoms with Gasteiger partial charge in [-0.3, -0.25) is 0 Å². The quantitative estimate of drug-likeness (QED) is 0.611. The second-order valence-electron chi connectivity index (χ2n) is 4.24. The second kappa shape index (κ2) is 3.67. The van der Waals surface area contributed by atoms with E-state index in [4.69, 9.17) is 0 Å². The lowest BCUT2D eigenvalue weighted by molar-refractivity contribution is 0.900. The second-order valence-corrected chi connectivity index (χ2v) is 4.24. The Hall–Kier alpha value is -1.76. The van der Waals surface area contributed by atoms with Crippen molar-refractivity contribution in [3.05, 3.63) is 46.8 Å². The Morgan fingerprint density at radius 2 is 1.19 bits per heavy atom. The van der Waals surface area contributed by atoms with Gasteiger partial charge in [0.1, 0.15) is 0 Å². The molecule has 1 nitrogen and oxygen atoms in total. The zero-order chi connectivity index (χ0) is 11.0. The van der Waals surface area contributed by atoms with Gasteiger partial charge >= 0.3 is 0 Å². The first-order valence-corrected chi connectivity index (χ1v) is 5.77. The summed E-state index contributed by atoms with van der Waals surface area (Å²) in [6.07, 6.45) is 19.9. The molecule has 2 aliphatic carbocycles. The summed E-state index contributed by atoms with van der Waals surface area (Å²) in [4.78, 5) is 0. The summed E-state index contributed by atoms with van der Waals surface area (Å²) in [5.74, 6) is 0. The zero-order valence-corrected chi connectivity index (χ0v) is 9.48. The largest absolute Gasteiger partial charge is 0.344 e. The lowest BCUT2D eigenvalue weighted by Gasteiger charge is -2.00. The van der Waals surface area contributed by atoms with Crippen LogP contribution in [0.1, 0.15) is 35.4 Å². The van der Waals surface area contributed by atoms with Gasteiger partial charge in [-0.2, -0.15) is 0 Å². The van der Waals surface area contributed by atoms with Crippen LogP contribution < -0.4 is 0 Å². The predicted octanol–water partition coefficient (Wildman–Crippen LogP) is 3.89. The van der Waals surface area contributed by atoms with E-state index in [1.165, 1.54) is 22.5 Å². The minimum absolute atomic E-state index is 1.03. The highest BCUT2D eigenvalue weighted by Gasteiger charge is 2.15. The molecule has 1 heteroatoms. The van der Waals surface area contributed by atoms with Crippen molar-refractivity contribution in [1.82, 2.24) is 4.57 Å². The Bertz CT molecular complexity index is 489. The van der Waals surface area contributed by atoms with Crippen LogP contribution in [0, 0.1) is 0 Å². The highest BCUT2D eigenvalue weighted by Crippen LogP contribution is 2.30. The first-order chi connectivity index (χ1) is 7.88. The third-order valence-electron chi connectivity index (χ3n) is 3.23. The average molecular weight is 209 g/mol. The highest BCUT2D eigenvalue weighted by molar-refractivity contribution is 5.81. The van der Waals surface area contributed by atoms with Crippen LogP contribution in [-0.2, 0) is 7.05 Å². The van der Waals surface area contributed by atoms with Gasteiger partial charge in [-0.15, -0.1) is 0 Å². The standard InChI is InChI=1S/C15H15N/c1-16-14-10-6-2-4-8-12(14)13-9-5-3-7-11-15(13)16/h4-11H,2-3H2,1H3. The molecule has 0 saturated heterocycles. The number of nitrogens with zero attached hydrogens (tertiary/aromatic N) is 1. The van der Waals surface area contributed by atoms with E-state index >= 15 is 0 Å². The summed E-state index contributed by atoms with van der Waals surface area (Å²) in [5, 5.41) is 0. The van der Waals surface area contributed by atoms with Crippen molar-refractivity contribution in [2.45, 2.75) is 12.8 Å². The number of hydrogen-bond donors (Lipinski definition) is 0. The summed E-state index contributed by atoms with van der Waals surface area (Å²) in [5.41, 5.74) is 5.34. The third kappa shape index (κ3) is 1.32. The molecular weight excluding hydrogens is 194 g/mol. The van der Waals surface area contributed by atoms with Gasteiger partial charge in [-0.05, 0) is 25.0 Å². The van der Waals surface area contributed by atoms with Crippen LogP contribution in [0.25, 0.3) is 24.3 Å². The SMILES string of the molecule is Cn1c2c(c3c1C=CCC=C3)C=CCC=C2. The van der Waals surface area contributed by atoms with Crippen molar-refractivity contribution in [1.29, 1.82) is 0 Å². The molecule has 0 fully saturated rings. The van der Waals surface area contributed by atoms with Gasteiger partial charge in [0.05, 0.1) is 0 Å². The van der Waals surface area contributed by atoms with Crippen molar-refractivity contribution >= 4 is 24.3 Å². The van der Waals surface area contributed by atoms with E-state index in [9.17, 15) is 0 Å². The molecule has 1 aromatic rings. The van der Waals surface area contributed by atoms with E-state index in [-0.39, 0.29) is 0 Å². The molecule has 0 bridgehead atoms. The molecule has 0 aliphatic heterocycles. The molecule has 0 unspecified atom stereocenters. The molecule has 0 aromatic carbocycles. The fraction of sp³-hybridized carbons (Fsp3) is 0.200. The Kier molecular flexibility index (Phi) is 2.17. The molecule has 3 rings (SSSR count). The van der Waals surface area contributed by atoms with Gasteiger partial charge in [0, 0.05) is 29.6 Å². The normalized spacial score (nSPS) is 16.8. The van der Waals surface area contributed by atoms with Crippen LogP contribution >= 0.6 is 0 Å². The molecule has 16 heavy (non-hydrogen) atoms. The van der Waals surface area contributed by atoms with Crippen LogP contribution in [0.5, 0.6) is 0 Å². The fourth-order valence-electron chi connectivity index (χ4n) is 2.41. The number of aromatic nitrogens is 1. The van der Waals surface area contributed by atoms with Crippen molar-refractivity contribution < 1.29 is 0 Å². The molecule has 0 N–H and O–H groups in total. The highest BCUT2D eigenvalue weighted by atomic mass is 15.0. The maximum absolute atomic E-state index is 2.28. The van der Waals surface area contributed by atoms with Gasteiger partial charge in [0.2, 0.25) is 0 Å². The molecule has 0 radical (unpaired) electrons. The summed E-state index contributed by atoms with van der Waals surface area (Å²) in [6.45, 7) is 0. The molecule has 80 valence electrons. The molecule has 0 saturated carbocycles. The Morgan fingerprint density at radius 1 is 0.750 bits per heavy atom. The summed E-state index contributed by atoms with van der Waals surface area (Å²) < 4.78 is 2.28. The van der Waals surface area contributed by atoms with Gasteiger partial charge in [-0.25, -0.2) is 0 Å². The summed E-state index contributed by atoms with van der Waals surface area (Å²) >= 11 is 0. The number of fused-ring (bicyclic) bond motifs is 3. The van der Waals surface area contributed by atoms with E-state index in [2.05, 4.69) is 60.2 Å². The smallest absolute Gasteiger partial charge is 0.0485 e. The molecule has 0 atom stereocenters. The molecule has 1 aromatic heterocycles. The maximum Gasteiger partial charge on any atom is 0.0485 e. The van der Waals surface area contributed by atoms with Crippen molar-refractivity contribution in [3.8, 4) is 0 Å². The number of hydrogen-bond acceptors (Lipinski definition) is 0. The molecular formula is C15H15N. The number of rotatable bonds is 0. The lowest BCUT2D eigenvalue weighted by atomic mass is 10.1. The Balaban J connectivity index is 2.33. The van der Waals surface area contributed by atoms with Gasteiger partial charge in [0.25, 0.3) is 0 Å². The van der Waals surface area contributed by atoms with Gasteiger partial charge in [-0.1, -0.05) is 36.5 Å². The topological polar surface area (TPSA) is 4.93 Å². The van der Waals surface area contributed by atoms with Gasteiger partial charge < -0.3 is 4.57 Å². The minimum atomic E-state index is 1.03. The third-order valence-corrected chi connectivity index (χ3v) is 3.23. The fourth-order valence-corrected chi connectivity index (χ4v) is 2.41. The van der Waals surface area contributed by atoms with Gasteiger partial charge in [0.15, 0.2) is 0 Å². The van der Waals surface area contributed by atoms with E-state index in [0.717, 1.165) is 12.8 Å². The molecule has 0 spiro atoms. The van der Waals surface area contributed by atoms with Crippen LogP contribution in [0.4, 0.5) is 0 Å². The molecule has 0 amide bonds. The monoisotopic (exact) mass is 209 g/mol. The van der Waals surface area contributed by atoms with Crippen molar-refractivity contribution in [3.63, 3.8) is 0 Å². The Morgan fingerprint density at radius 3 is 1.69 bits per heavy atom. The molecule has 1 heterocycles. The van der Waals surface area contributed by atoms with Crippen LogP contribution in [0.3, 0.4) is 0 Å². The van der Waals surface area contributed by atoms with E-state index in [1.807, 2.05) is 0 Å². The first-order valence-electron chi connectivity index (χ1n) is 5.77. The van der Waals surface area contributed by atoms with Crippen LogP contribution in [0.15, 0.2) is 24.3 Å². The van der Waals surface area contributed by atoms with E-state index in [0.29, 0.717) is 0 Å². The van der Waals surface area contributed by atoms with Crippen molar-refractivity contribution in [2.75, 3.05) is 0 Å². The zero-order valence-electron chi connectivity index (χ0n) is 9.48. The molecule has 2 aliphatic rings. The number of allylic oxidation sites excluding steroid dienone is 4. The van der Waals surface area contributed by atoms with Crippen LogP contribution in [0.2, 0.25) is 0 Å². The summed E-state index contributed by atoms with van der Waals surface area (Å²) in [7, 11) is 2.14. The first kappa shape index (κ1) is 9.46. The Labute approximate surface area is 96.1 Å². The summed E-state index contributed by atoms with van der Waals surface area (Å²) in [6, 6.07) is 0. The van der Waals surface area contributed by atoms with Crippen molar-refractivity contribution in [2.24, 2.45) is 7.05 Å². The van der Waals surface area contributed by atoms with E-state index < -0.39 is 0 Å². The predicted molar refractivity (Wildman–Crippen MR) is 70.8 cm³/mol.